The van der Waals surface area contributed by atoms with Crippen molar-refractivity contribution in [1.82, 2.24) is 0 Å². The fourth-order valence-corrected chi connectivity index (χ4v) is 4.48. The normalized spacial score (nSPS) is 19.7. The smallest absolute Gasteiger partial charge is 0.258 e. The summed E-state index contributed by atoms with van der Waals surface area (Å²) in [6.07, 6.45) is 0.482. The van der Waals surface area contributed by atoms with E-state index in [0.29, 0.717) is 12.0 Å². The van der Waals surface area contributed by atoms with Gasteiger partial charge in [-0.2, -0.15) is 0 Å². The second-order valence-corrected chi connectivity index (χ2v) is 7.66. The number of nitrogens with zero attached hydrogens (tertiary/aromatic N) is 1. The van der Waals surface area contributed by atoms with Crippen LogP contribution in [0.15, 0.2) is 60.7 Å². The fourth-order valence-electron chi connectivity index (χ4n) is 2.78. The average molecular weight is 315 g/mol. The number of anilines is 1. The predicted octanol–water partition coefficient (Wildman–Crippen LogP) is 2.52. The Kier molecular flexibility index (Phi) is 3.98. The molecule has 0 bridgehead atoms. The molecule has 0 aromatic heterocycles. The van der Waals surface area contributed by atoms with Crippen molar-refractivity contribution in [2.75, 3.05) is 16.4 Å². The number of hydrogen-bond acceptors (Lipinski definition) is 3. The first kappa shape index (κ1) is 14.8. The van der Waals surface area contributed by atoms with Crippen LogP contribution in [0.25, 0.3) is 0 Å². The van der Waals surface area contributed by atoms with E-state index >= 15 is 0 Å². The maximum Gasteiger partial charge on any atom is 0.258 e. The number of carbonyl (C=O) groups excluding carboxylic acids is 1. The highest BCUT2D eigenvalue weighted by atomic mass is 32.2. The van der Waals surface area contributed by atoms with Crippen molar-refractivity contribution in [3.8, 4) is 0 Å². The Morgan fingerprint density at radius 2 is 1.55 bits per heavy atom. The summed E-state index contributed by atoms with van der Waals surface area (Å²) in [4.78, 5) is 14.5. The zero-order valence-corrected chi connectivity index (χ0v) is 12.9. The Balaban J connectivity index is 1.99. The van der Waals surface area contributed by atoms with Crippen LogP contribution in [0.4, 0.5) is 5.69 Å². The third kappa shape index (κ3) is 3.04. The third-order valence-corrected chi connectivity index (χ3v) is 5.60. The number of rotatable bonds is 3. The van der Waals surface area contributed by atoms with E-state index in [9.17, 15) is 13.2 Å². The highest BCUT2D eigenvalue weighted by Gasteiger charge is 2.35. The summed E-state index contributed by atoms with van der Waals surface area (Å²) in [5.41, 5.74) is 1.30. The van der Waals surface area contributed by atoms with E-state index in [1.165, 1.54) is 0 Å². The lowest BCUT2D eigenvalue weighted by atomic mass is 10.1. The van der Waals surface area contributed by atoms with Crippen LogP contribution in [0.5, 0.6) is 0 Å². The molecule has 1 atom stereocenters. The summed E-state index contributed by atoms with van der Waals surface area (Å²) in [6.45, 7) is 0. The summed E-state index contributed by atoms with van der Waals surface area (Å²) in [5, 5.41) is 0. The van der Waals surface area contributed by atoms with E-state index in [1.807, 2.05) is 48.5 Å². The maximum absolute atomic E-state index is 12.9. The summed E-state index contributed by atoms with van der Waals surface area (Å²) in [5.74, 6) is 0.0118. The van der Waals surface area contributed by atoms with Crippen molar-refractivity contribution < 1.29 is 13.2 Å². The first-order valence-electron chi connectivity index (χ1n) is 7.21. The molecule has 0 saturated carbocycles. The molecule has 1 fully saturated rings. The SMILES string of the molecule is O=C(c1ccccc1)N(c1ccccc1)[C@H]1CCS(=O)(=O)C1. The van der Waals surface area contributed by atoms with Gasteiger partial charge in [-0.15, -0.1) is 0 Å². The third-order valence-electron chi connectivity index (χ3n) is 3.85. The minimum Gasteiger partial charge on any atom is -0.304 e. The Hall–Kier alpha value is -2.14. The molecule has 1 aliphatic rings. The van der Waals surface area contributed by atoms with E-state index in [4.69, 9.17) is 0 Å². The number of benzene rings is 2. The van der Waals surface area contributed by atoms with Crippen molar-refractivity contribution >= 4 is 21.4 Å². The number of carbonyl (C=O) groups is 1. The van der Waals surface area contributed by atoms with E-state index in [2.05, 4.69) is 0 Å². The molecule has 22 heavy (non-hydrogen) atoms. The van der Waals surface area contributed by atoms with Gasteiger partial charge in [0.25, 0.3) is 5.91 Å². The maximum atomic E-state index is 12.9. The minimum absolute atomic E-state index is 0.0282. The second-order valence-electron chi connectivity index (χ2n) is 5.43. The molecule has 0 radical (unpaired) electrons. The average Bonchev–Trinajstić information content (AvgIpc) is 2.89. The lowest BCUT2D eigenvalue weighted by Crippen LogP contribution is -2.41. The van der Waals surface area contributed by atoms with E-state index in [0.717, 1.165) is 5.69 Å². The Labute approximate surface area is 130 Å². The molecule has 5 heteroatoms. The van der Waals surface area contributed by atoms with Crippen LogP contribution in [0, 0.1) is 0 Å². The van der Waals surface area contributed by atoms with Gasteiger partial charge in [-0.05, 0) is 30.7 Å². The number of hydrogen-bond donors (Lipinski definition) is 0. The Morgan fingerprint density at radius 3 is 2.09 bits per heavy atom. The zero-order chi connectivity index (χ0) is 15.6. The molecule has 114 valence electrons. The topological polar surface area (TPSA) is 54.5 Å². The van der Waals surface area contributed by atoms with Crippen molar-refractivity contribution in [1.29, 1.82) is 0 Å². The van der Waals surface area contributed by atoms with E-state index in [1.54, 1.807) is 17.0 Å². The van der Waals surface area contributed by atoms with Gasteiger partial charge in [-0.3, -0.25) is 4.79 Å². The molecule has 0 spiro atoms. The van der Waals surface area contributed by atoms with E-state index in [-0.39, 0.29) is 23.5 Å². The van der Waals surface area contributed by atoms with Crippen LogP contribution in [0.2, 0.25) is 0 Å². The lowest BCUT2D eigenvalue weighted by molar-refractivity contribution is 0.0979. The fraction of sp³-hybridized carbons (Fsp3) is 0.235. The molecule has 2 aromatic carbocycles. The van der Waals surface area contributed by atoms with Gasteiger partial charge in [-0.1, -0.05) is 36.4 Å². The molecule has 0 aliphatic carbocycles. The highest BCUT2D eigenvalue weighted by Crippen LogP contribution is 2.26. The van der Waals surface area contributed by atoms with Gasteiger partial charge < -0.3 is 4.90 Å². The molecule has 0 unspecified atom stereocenters. The van der Waals surface area contributed by atoms with Gasteiger partial charge in [0.2, 0.25) is 0 Å². The van der Waals surface area contributed by atoms with Crippen molar-refractivity contribution in [2.24, 2.45) is 0 Å². The molecule has 4 nitrogen and oxygen atoms in total. The summed E-state index contributed by atoms with van der Waals surface area (Å²) in [7, 11) is -3.06. The van der Waals surface area contributed by atoms with Gasteiger partial charge in [-0.25, -0.2) is 8.42 Å². The number of amides is 1. The first-order valence-corrected chi connectivity index (χ1v) is 9.03. The standard InChI is InChI=1S/C17H17NO3S/c19-17(14-7-3-1-4-8-14)18(15-9-5-2-6-10-15)16-11-12-22(20,21)13-16/h1-10,16H,11-13H2/t16-/m0/s1. The molecule has 1 amide bonds. The Morgan fingerprint density at radius 1 is 0.955 bits per heavy atom. The number of para-hydroxylation sites is 1. The van der Waals surface area contributed by atoms with Gasteiger partial charge in [0.15, 0.2) is 9.84 Å². The summed E-state index contributed by atoms with van der Waals surface area (Å²) >= 11 is 0. The monoisotopic (exact) mass is 315 g/mol. The quantitative estimate of drug-likeness (QED) is 0.874. The molecular weight excluding hydrogens is 298 g/mol. The summed E-state index contributed by atoms with van der Waals surface area (Å²) in [6, 6.07) is 17.9. The van der Waals surface area contributed by atoms with Crippen LogP contribution in [0.3, 0.4) is 0 Å². The predicted molar refractivity (Wildman–Crippen MR) is 86.8 cm³/mol. The van der Waals surface area contributed by atoms with Crippen molar-refractivity contribution in [2.45, 2.75) is 12.5 Å². The van der Waals surface area contributed by atoms with Crippen LogP contribution in [0.1, 0.15) is 16.8 Å². The van der Waals surface area contributed by atoms with Crippen molar-refractivity contribution in [3.63, 3.8) is 0 Å². The molecule has 1 heterocycles. The highest BCUT2D eigenvalue weighted by molar-refractivity contribution is 7.91. The van der Waals surface area contributed by atoms with Crippen LogP contribution >= 0.6 is 0 Å². The molecule has 1 aliphatic heterocycles. The molecule has 3 rings (SSSR count). The zero-order valence-electron chi connectivity index (χ0n) is 12.1. The second kappa shape index (κ2) is 5.93. The summed E-state index contributed by atoms with van der Waals surface area (Å²) < 4.78 is 23.6. The first-order chi connectivity index (χ1) is 10.6. The van der Waals surface area contributed by atoms with Gasteiger partial charge >= 0.3 is 0 Å². The molecule has 1 saturated heterocycles. The number of sulfone groups is 1. The largest absolute Gasteiger partial charge is 0.304 e. The van der Waals surface area contributed by atoms with Crippen LogP contribution in [-0.2, 0) is 9.84 Å². The minimum atomic E-state index is -3.06. The van der Waals surface area contributed by atoms with Gasteiger partial charge in [0, 0.05) is 11.3 Å². The lowest BCUT2D eigenvalue weighted by Gasteiger charge is -2.28. The molecular formula is C17H17NO3S. The van der Waals surface area contributed by atoms with Crippen LogP contribution < -0.4 is 4.90 Å². The van der Waals surface area contributed by atoms with Gasteiger partial charge in [0.1, 0.15) is 0 Å². The molecule has 0 N–H and O–H groups in total. The van der Waals surface area contributed by atoms with Crippen molar-refractivity contribution in [3.05, 3.63) is 66.2 Å². The Bertz CT molecular complexity index is 757. The molecule has 2 aromatic rings. The van der Waals surface area contributed by atoms with Crippen LogP contribution in [-0.4, -0.2) is 31.9 Å². The van der Waals surface area contributed by atoms with E-state index < -0.39 is 9.84 Å². The van der Waals surface area contributed by atoms with Gasteiger partial charge in [0.05, 0.1) is 17.5 Å².